The van der Waals surface area contributed by atoms with Crippen LogP contribution in [0.5, 0.6) is 0 Å². The van der Waals surface area contributed by atoms with Gasteiger partial charge < -0.3 is 4.90 Å². The van der Waals surface area contributed by atoms with Crippen molar-refractivity contribution in [2.75, 3.05) is 11.4 Å². The van der Waals surface area contributed by atoms with E-state index in [1.165, 1.54) is 18.4 Å². The van der Waals surface area contributed by atoms with E-state index in [1.54, 1.807) is 0 Å². The molecule has 1 heterocycles. The molecule has 1 aliphatic carbocycles. The zero-order valence-electron chi connectivity index (χ0n) is 12.9. The summed E-state index contributed by atoms with van der Waals surface area (Å²) < 4.78 is 0. The molecule has 1 aromatic carbocycles. The molecule has 0 spiro atoms. The average Bonchev–Trinajstić information content (AvgIpc) is 3.40. The molecule has 0 amide bonds. The molecule has 1 aromatic heterocycles. The molecule has 2 aromatic rings. The predicted octanol–water partition coefficient (Wildman–Crippen LogP) is 3.64. The van der Waals surface area contributed by atoms with E-state index in [0.717, 1.165) is 31.2 Å². The van der Waals surface area contributed by atoms with Crippen LogP contribution in [0.1, 0.15) is 49.1 Å². The molecule has 0 bridgehead atoms. The maximum Gasteiger partial charge on any atom is 0.133 e. The molecule has 4 nitrogen and oxygen atoms in total. The van der Waals surface area contributed by atoms with Crippen molar-refractivity contribution >= 4 is 5.82 Å². The van der Waals surface area contributed by atoms with Crippen molar-refractivity contribution < 1.29 is 0 Å². The molecule has 112 valence electrons. The Morgan fingerprint density at radius 2 is 2.00 bits per heavy atom. The lowest BCUT2D eigenvalue weighted by Crippen LogP contribution is -2.25. The van der Waals surface area contributed by atoms with Gasteiger partial charge in [0.25, 0.3) is 0 Å². The average molecular weight is 292 g/mol. The topological polar surface area (TPSA) is 52.8 Å². The first-order valence-corrected chi connectivity index (χ1v) is 7.87. The minimum atomic E-state index is 0.568. The van der Waals surface area contributed by atoms with E-state index in [2.05, 4.69) is 22.9 Å². The smallest absolute Gasteiger partial charge is 0.133 e. The van der Waals surface area contributed by atoms with Crippen LogP contribution in [-0.4, -0.2) is 16.5 Å². The summed E-state index contributed by atoms with van der Waals surface area (Å²) in [4.78, 5) is 11.4. The van der Waals surface area contributed by atoms with E-state index in [-0.39, 0.29) is 0 Å². The third-order valence-corrected chi connectivity index (χ3v) is 3.88. The number of nitriles is 1. The van der Waals surface area contributed by atoms with Crippen molar-refractivity contribution in [3.05, 3.63) is 53.5 Å². The predicted molar refractivity (Wildman–Crippen MR) is 86.5 cm³/mol. The summed E-state index contributed by atoms with van der Waals surface area (Å²) in [6.07, 6.45) is 5.37. The lowest BCUT2D eigenvalue weighted by atomic mass is 10.1. The molecule has 0 atom stereocenters. The Labute approximate surface area is 131 Å². The number of anilines is 1. The molecule has 0 saturated heterocycles. The molecule has 3 rings (SSSR count). The van der Waals surface area contributed by atoms with Crippen LogP contribution in [0, 0.1) is 11.3 Å². The highest BCUT2D eigenvalue weighted by molar-refractivity contribution is 5.40. The van der Waals surface area contributed by atoms with Gasteiger partial charge in [0.15, 0.2) is 0 Å². The van der Waals surface area contributed by atoms with E-state index >= 15 is 0 Å². The Balaban J connectivity index is 1.79. The summed E-state index contributed by atoms with van der Waals surface area (Å²) in [5.41, 5.74) is 1.89. The highest BCUT2D eigenvalue weighted by Gasteiger charge is 2.27. The summed E-state index contributed by atoms with van der Waals surface area (Å²) in [6, 6.07) is 11.9. The molecule has 4 heteroatoms. The number of aromatic nitrogens is 2. The summed E-state index contributed by atoms with van der Waals surface area (Å²) in [6.45, 7) is 3.94. The zero-order valence-corrected chi connectivity index (χ0v) is 12.9. The lowest BCUT2D eigenvalue weighted by Gasteiger charge is -2.23. The van der Waals surface area contributed by atoms with Gasteiger partial charge >= 0.3 is 0 Å². The van der Waals surface area contributed by atoms with Crippen LogP contribution in [0.4, 0.5) is 5.82 Å². The first kappa shape index (κ1) is 14.5. The molecule has 22 heavy (non-hydrogen) atoms. The maximum atomic E-state index is 8.88. The number of nitrogens with zero attached hydrogens (tertiary/aromatic N) is 4. The number of rotatable bonds is 6. The van der Waals surface area contributed by atoms with Crippen molar-refractivity contribution in [3.8, 4) is 6.07 Å². The van der Waals surface area contributed by atoms with E-state index < -0.39 is 0 Å². The van der Waals surface area contributed by atoms with Gasteiger partial charge in [0.05, 0.1) is 11.6 Å². The Kier molecular flexibility index (Phi) is 4.34. The first-order chi connectivity index (χ1) is 10.8. The minimum Gasteiger partial charge on any atom is -0.352 e. The Bertz CT molecular complexity index is 668. The number of hydrogen-bond donors (Lipinski definition) is 0. The van der Waals surface area contributed by atoms with Gasteiger partial charge in [-0.1, -0.05) is 19.1 Å². The minimum absolute atomic E-state index is 0.568. The molecule has 0 unspecified atom stereocenters. The van der Waals surface area contributed by atoms with Crippen LogP contribution in [0.3, 0.4) is 0 Å². The number of hydrogen-bond acceptors (Lipinski definition) is 4. The lowest BCUT2D eigenvalue weighted by molar-refractivity contribution is 0.745. The van der Waals surface area contributed by atoms with Crippen LogP contribution in [0.2, 0.25) is 0 Å². The monoisotopic (exact) mass is 292 g/mol. The fraction of sp³-hybridized carbons (Fsp3) is 0.389. The zero-order chi connectivity index (χ0) is 15.4. The van der Waals surface area contributed by atoms with Gasteiger partial charge in [0, 0.05) is 25.2 Å². The molecule has 0 radical (unpaired) electrons. The van der Waals surface area contributed by atoms with Crippen LogP contribution in [-0.2, 0) is 6.54 Å². The van der Waals surface area contributed by atoms with E-state index in [4.69, 9.17) is 10.2 Å². The van der Waals surface area contributed by atoms with Crippen molar-refractivity contribution in [1.29, 1.82) is 5.26 Å². The van der Waals surface area contributed by atoms with Crippen molar-refractivity contribution in [2.24, 2.45) is 0 Å². The molecule has 0 aliphatic heterocycles. The fourth-order valence-electron chi connectivity index (χ4n) is 2.53. The summed E-state index contributed by atoms with van der Waals surface area (Å²) >= 11 is 0. The molecule has 1 aliphatic rings. The molecule has 0 N–H and O–H groups in total. The second-order valence-corrected chi connectivity index (χ2v) is 5.78. The van der Waals surface area contributed by atoms with Gasteiger partial charge in [-0.3, -0.25) is 0 Å². The first-order valence-electron chi connectivity index (χ1n) is 7.87. The second-order valence-electron chi connectivity index (χ2n) is 5.78. The van der Waals surface area contributed by atoms with Gasteiger partial charge in [-0.2, -0.15) is 5.26 Å². The SMILES string of the molecule is CCCN(Cc1ccc(C#N)cc1)c1ccnc(C2CC2)n1. The van der Waals surface area contributed by atoms with Gasteiger partial charge in [0.1, 0.15) is 11.6 Å². The standard InChI is InChI=1S/C18H20N4/c1-2-11-22(13-15-5-3-14(12-19)4-6-15)17-9-10-20-18(21-17)16-7-8-16/h3-6,9-10,16H,2,7-8,11,13H2,1H3. The van der Waals surface area contributed by atoms with E-state index in [9.17, 15) is 0 Å². The van der Waals surface area contributed by atoms with Gasteiger partial charge in [-0.05, 0) is 43.0 Å². The van der Waals surface area contributed by atoms with E-state index in [1.807, 2.05) is 36.5 Å². The van der Waals surface area contributed by atoms with E-state index in [0.29, 0.717) is 11.5 Å². The highest BCUT2D eigenvalue weighted by Crippen LogP contribution is 2.38. The second kappa shape index (κ2) is 6.57. The quantitative estimate of drug-likeness (QED) is 0.815. The maximum absolute atomic E-state index is 8.88. The van der Waals surface area contributed by atoms with Crippen molar-refractivity contribution in [1.82, 2.24) is 9.97 Å². The van der Waals surface area contributed by atoms with Gasteiger partial charge in [-0.15, -0.1) is 0 Å². The highest BCUT2D eigenvalue weighted by atomic mass is 15.2. The number of benzene rings is 1. The molecular formula is C18H20N4. The Morgan fingerprint density at radius 3 is 2.64 bits per heavy atom. The summed E-state index contributed by atoms with van der Waals surface area (Å²) in [7, 11) is 0. The van der Waals surface area contributed by atoms with Crippen LogP contribution in [0.15, 0.2) is 36.5 Å². The third-order valence-electron chi connectivity index (χ3n) is 3.88. The molecule has 1 saturated carbocycles. The Hall–Kier alpha value is -2.41. The van der Waals surface area contributed by atoms with Crippen LogP contribution < -0.4 is 4.90 Å². The largest absolute Gasteiger partial charge is 0.352 e. The molecule has 1 fully saturated rings. The van der Waals surface area contributed by atoms with Crippen molar-refractivity contribution in [3.63, 3.8) is 0 Å². The third kappa shape index (κ3) is 3.43. The van der Waals surface area contributed by atoms with Gasteiger partial charge in [0.2, 0.25) is 0 Å². The fourth-order valence-corrected chi connectivity index (χ4v) is 2.53. The van der Waals surface area contributed by atoms with Crippen molar-refractivity contribution in [2.45, 2.75) is 38.6 Å². The summed E-state index contributed by atoms with van der Waals surface area (Å²) in [5, 5.41) is 8.88. The van der Waals surface area contributed by atoms with Crippen LogP contribution in [0.25, 0.3) is 0 Å². The molecular weight excluding hydrogens is 272 g/mol. The normalized spacial score (nSPS) is 13.6. The Morgan fingerprint density at radius 1 is 1.23 bits per heavy atom. The van der Waals surface area contributed by atoms with Gasteiger partial charge in [-0.25, -0.2) is 9.97 Å². The summed E-state index contributed by atoms with van der Waals surface area (Å²) in [5.74, 6) is 2.56. The van der Waals surface area contributed by atoms with Crippen LogP contribution >= 0.6 is 0 Å².